The van der Waals surface area contributed by atoms with Gasteiger partial charge in [-0.2, -0.15) is 0 Å². The number of methoxy groups -OCH3 is 2. The average Bonchev–Trinajstić information content (AvgIpc) is 2.71. The zero-order valence-corrected chi connectivity index (χ0v) is 16.4. The molecule has 1 N–H and O–H groups in total. The maximum absolute atomic E-state index is 12.7. The zero-order valence-electron chi connectivity index (χ0n) is 15.7. The van der Waals surface area contributed by atoms with Crippen molar-refractivity contribution >= 4 is 35.1 Å². The quantitative estimate of drug-likeness (QED) is 0.706. The summed E-state index contributed by atoms with van der Waals surface area (Å²) in [5, 5.41) is 2.99. The molecule has 1 amide bonds. The number of amides is 1. The summed E-state index contributed by atoms with van der Waals surface area (Å²) in [5.74, 6) is -1.41. The third-order valence-corrected chi connectivity index (χ3v) is 4.19. The van der Waals surface area contributed by atoms with Crippen molar-refractivity contribution in [3.05, 3.63) is 58.6 Å². The molecule has 0 aliphatic carbocycles. The highest BCUT2D eigenvalue weighted by Gasteiger charge is 2.23. The smallest absolute Gasteiger partial charge is 0.339 e. The van der Waals surface area contributed by atoms with E-state index in [0.29, 0.717) is 17.2 Å². The molecule has 0 unspecified atom stereocenters. The van der Waals surface area contributed by atoms with Crippen LogP contribution in [-0.4, -0.2) is 38.2 Å². The van der Waals surface area contributed by atoms with Gasteiger partial charge >= 0.3 is 11.9 Å². The second kappa shape index (κ2) is 9.75. The van der Waals surface area contributed by atoms with Gasteiger partial charge in [-0.15, -0.1) is 0 Å². The Hall–Kier alpha value is -3.06. The van der Waals surface area contributed by atoms with Gasteiger partial charge in [-0.1, -0.05) is 30.7 Å². The highest BCUT2D eigenvalue weighted by molar-refractivity contribution is 6.32. The number of carbonyl (C=O) groups excluding carboxylic acids is 3. The first-order valence-electron chi connectivity index (χ1n) is 8.44. The summed E-state index contributed by atoms with van der Waals surface area (Å²) in [6.45, 7) is 1.77. The first-order valence-corrected chi connectivity index (χ1v) is 8.81. The lowest BCUT2D eigenvalue weighted by atomic mass is 10.1. The summed E-state index contributed by atoms with van der Waals surface area (Å²) in [6, 6.07) is 10.9. The van der Waals surface area contributed by atoms with Crippen LogP contribution < -0.4 is 10.1 Å². The van der Waals surface area contributed by atoms with Gasteiger partial charge < -0.3 is 19.5 Å². The number of ether oxygens (including phenoxy) is 3. The molecule has 0 aliphatic rings. The second-order valence-corrected chi connectivity index (χ2v) is 6.09. The Morgan fingerprint density at radius 2 is 1.71 bits per heavy atom. The van der Waals surface area contributed by atoms with Gasteiger partial charge in [0.2, 0.25) is 0 Å². The lowest BCUT2D eigenvalue weighted by Crippen LogP contribution is -2.33. The van der Waals surface area contributed by atoms with E-state index in [-0.39, 0.29) is 16.8 Å². The molecule has 1 atom stereocenters. The minimum atomic E-state index is -0.868. The number of carbonyl (C=O) groups is 3. The van der Waals surface area contributed by atoms with Gasteiger partial charge in [0.15, 0.2) is 6.10 Å². The van der Waals surface area contributed by atoms with Crippen LogP contribution in [0.4, 0.5) is 5.69 Å². The predicted molar refractivity (Wildman–Crippen MR) is 104 cm³/mol. The molecular weight excluding hydrogens is 386 g/mol. The number of hydrogen-bond acceptors (Lipinski definition) is 6. The molecular formula is C20H20ClNO6. The molecule has 0 heterocycles. The number of nitrogens with one attached hydrogen (secondary N) is 1. The van der Waals surface area contributed by atoms with E-state index in [1.165, 1.54) is 32.4 Å². The van der Waals surface area contributed by atoms with Crippen molar-refractivity contribution < 1.29 is 28.6 Å². The SMILES string of the molecule is CC[C@@H](Oc1ccccc1Cl)C(=O)Nc1cc(C(=O)OC)ccc1C(=O)OC. The molecule has 2 aromatic rings. The van der Waals surface area contributed by atoms with Crippen LogP contribution in [0.3, 0.4) is 0 Å². The van der Waals surface area contributed by atoms with Crippen LogP contribution in [0.2, 0.25) is 5.02 Å². The Morgan fingerprint density at radius 3 is 2.32 bits per heavy atom. The maximum Gasteiger partial charge on any atom is 0.339 e. The van der Waals surface area contributed by atoms with Gasteiger partial charge in [0, 0.05) is 0 Å². The van der Waals surface area contributed by atoms with Crippen LogP contribution in [0.25, 0.3) is 0 Å². The number of anilines is 1. The summed E-state index contributed by atoms with van der Waals surface area (Å²) < 4.78 is 15.1. The molecule has 2 rings (SSSR count). The van der Waals surface area contributed by atoms with Crippen LogP contribution in [0.5, 0.6) is 5.75 Å². The number of para-hydroxylation sites is 1. The summed E-state index contributed by atoms with van der Waals surface area (Å²) in [5.41, 5.74) is 0.377. The van der Waals surface area contributed by atoms with Crippen molar-refractivity contribution in [3.8, 4) is 5.75 Å². The Balaban J connectivity index is 2.30. The molecule has 0 spiro atoms. The van der Waals surface area contributed by atoms with E-state index in [9.17, 15) is 14.4 Å². The normalized spacial score (nSPS) is 11.3. The van der Waals surface area contributed by atoms with Crippen LogP contribution in [0.15, 0.2) is 42.5 Å². The van der Waals surface area contributed by atoms with E-state index >= 15 is 0 Å². The molecule has 0 saturated carbocycles. The van der Waals surface area contributed by atoms with Crippen molar-refractivity contribution in [3.63, 3.8) is 0 Å². The molecule has 0 aliphatic heterocycles. The fourth-order valence-electron chi connectivity index (χ4n) is 2.41. The second-order valence-electron chi connectivity index (χ2n) is 5.68. The molecule has 0 radical (unpaired) electrons. The van der Waals surface area contributed by atoms with Gasteiger partial charge in [0.25, 0.3) is 5.91 Å². The van der Waals surface area contributed by atoms with E-state index < -0.39 is 23.9 Å². The molecule has 148 valence electrons. The summed E-state index contributed by atoms with van der Waals surface area (Å²) in [7, 11) is 2.46. The van der Waals surface area contributed by atoms with Crippen LogP contribution in [0.1, 0.15) is 34.1 Å². The van der Waals surface area contributed by atoms with E-state index in [4.69, 9.17) is 21.1 Å². The average molecular weight is 406 g/mol. The van der Waals surface area contributed by atoms with Crippen molar-refractivity contribution in [2.75, 3.05) is 19.5 Å². The van der Waals surface area contributed by atoms with Crippen LogP contribution in [0, 0.1) is 0 Å². The van der Waals surface area contributed by atoms with E-state index in [1.54, 1.807) is 31.2 Å². The third-order valence-electron chi connectivity index (χ3n) is 3.87. The van der Waals surface area contributed by atoms with Gasteiger partial charge in [0.05, 0.1) is 36.1 Å². The Morgan fingerprint density at radius 1 is 1.04 bits per heavy atom. The van der Waals surface area contributed by atoms with Crippen molar-refractivity contribution in [2.45, 2.75) is 19.4 Å². The molecule has 8 heteroatoms. The zero-order chi connectivity index (χ0) is 20.7. The first kappa shape index (κ1) is 21.2. The fraction of sp³-hybridized carbons (Fsp3) is 0.250. The first-order chi connectivity index (χ1) is 13.4. The number of benzene rings is 2. The van der Waals surface area contributed by atoms with E-state index in [0.717, 1.165) is 0 Å². The molecule has 0 saturated heterocycles. The summed E-state index contributed by atoms with van der Waals surface area (Å²) >= 11 is 6.08. The van der Waals surface area contributed by atoms with Crippen LogP contribution in [-0.2, 0) is 14.3 Å². The Labute approximate surface area is 167 Å². The van der Waals surface area contributed by atoms with Crippen molar-refractivity contribution in [1.82, 2.24) is 0 Å². The fourth-order valence-corrected chi connectivity index (χ4v) is 2.59. The van der Waals surface area contributed by atoms with Crippen molar-refractivity contribution in [1.29, 1.82) is 0 Å². The van der Waals surface area contributed by atoms with E-state index in [2.05, 4.69) is 10.1 Å². The lowest BCUT2D eigenvalue weighted by molar-refractivity contribution is -0.122. The van der Waals surface area contributed by atoms with Gasteiger partial charge in [-0.25, -0.2) is 9.59 Å². The highest BCUT2D eigenvalue weighted by Crippen LogP contribution is 2.26. The largest absolute Gasteiger partial charge is 0.479 e. The molecule has 0 bridgehead atoms. The molecule has 2 aromatic carbocycles. The number of esters is 2. The third kappa shape index (κ3) is 5.01. The minimum absolute atomic E-state index is 0.0936. The number of halogens is 1. The minimum Gasteiger partial charge on any atom is -0.479 e. The lowest BCUT2D eigenvalue weighted by Gasteiger charge is -2.19. The maximum atomic E-state index is 12.7. The topological polar surface area (TPSA) is 90.9 Å². The summed E-state index contributed by atoms with van der Waals surface area (Å²) in [4.78, 5) is 36.5. The monoisotopic (exact) mass is 405 g/mol. The Kier molecular flexibility index (Phi) is 7.40. The van der Waals surface area contributed by atoms with E-state index in [1.807, 2.05) is 0 Å². The summed E-state index contributed by atoms with van der Waals surface area (Å²) in [6.07, 6.45) is -0.520. The molecule has 0 aromatic heterocycles. The van der Waals surface area contributed by atoms with Crippen LogP contribution >= 0.6 is 11.6 Å². The molecule has 7 nitrogen and oxygen atoms in total. The standard InChI is InChI=1S/C20H20ClNO6/c1-4-16(28-17-8-6-5-7-14(17)21)18(23)22-15-11-12(19(24)26-2)9-10-13(15)20(25)27-3/h5-11,16H,4H2,1-3H3,(H,22,23)/t16-/m1/s1. The van der Waals surface area contributed by atoms with Gasteiger partial charge in [-0.05, 0) is 36.8 Å². The highest BCUT2D eigenvalue weighted by atomic mass is 35.5. The molecule has 0 fully saturated rings. The number of hydrogen-bond donors (Lipinski definition) is 1. The number of rotatable bonds is 7. The van der Waals surface area contributed by atoms with Crippen molar-refractivity contribution in [2.24, 2.45) is 0 Å². The predicted octanol–water partition coefficient (Wildman–Crippen LogP) is 3.71. The van der Waals surface area contributed by atoms with Gasteiger partial charge in [0.1, 0.15) is 5.75 Å². The Bertz CT molecular complexity index is 883. The van der Waals surface area contributed by atoms with Gasteiger partial charge in [-0.3, -0.25) is 4.79 Å². The molecule has 28 heavy (non-hydrogen) atoms.